The van der Waals surface area contributed by atoms with Crippen molar-refractivity contribution in [3.63, 3.8) is 0 Å². The molecule has 0 aliphatic heterocycles. The fourth-order valence-electron chi connectivity index (χ4n) is 1.47. The minimum absolute atomic E-state index is 0.666. The van der Waals surface area contributed by atoms with Crippen molar-refractivity contribution < 1.29 is 0 Å². The maximum Gasteiger partial charge on any atom is 0.166 e. The summed E-state index contributed by atoms with van der Waals surface area (Å²) in [6.45, 7) is 5.55. The van der Waals surface area contributed by atoms with Crippen molar-refractivity contribution >= 4 is 23.0 Å². The Hall–Kier alpha value is -1.43. The molecule has 17 heavy (non-hydrogen) atoms. The summed E-state index contributed by atoms with van der Waals surface area (Å²) < 4.78 is 0. The Bertz CT molecular complexity index is 393. The topological polar surface area (TPSA) is 53.1 Å². The molecule has 0 atom stereocenters. The highest BCUT2D eigenvalue weighted by atomic mass is 32.1. The Balaban J connectivity index is 2.54. The van der Waals surface area contributed by atoms with E-state index in [1.807, 2.05) is 27.0 Å². The van der Waals surface area contributed by atoms with E-state index in [-0.39, 0.29) is 0 Å². The monoisotopic (exact) mass is 253 g/mol. The second-order valence-corrected chi connectivity index (χ2v) is 4.29. The molecule has 1 heterocycles. The first-order chi connectivity index (χ1) is 8.04. The van der Waals surface area contributed by atoms with Crippen LogP contribution in [-0.4, -0.2) is 42.5 Å². The van der Waals surface area contributed by atoms with Crippen molar-refractivity contribution in [1.82, 2.24) is 20.8 Å². The van der Waals surface area contributed by atoms with Crippen LogP contribution in [0.2, 0.25) is 0 Å². The lowest BCUT2D eigenvalue weighted by Gasteiger charge is -2.21. The average molecular weight is 253 g/mol. The van der Waals surface area contributed by atoms with Gasteiger partial charge in [0.05, 0.1) is 17.1 Å². The normalized spacial score (nSPS) is 9.88. The fourth-order valence-corrected chi connectivity index (χ4v) is 1.57. The Morgan fingerprint density at radius 1 is 1.41 bits per heavy atom. The second kappa shape index (κ2) is 6.34. The molecule has 6 heteroatoms. The summed E-state index contributed by atoms with van der Waals surface area (Å²) in [5.41, 5.74) is 2.97. The van der Waals surface area contributed by atoms with Crippen LogP contribution in [-0.2, 0) is 0 Å². The van der Waals surface area contributed by atoms with Crippen LogP contribution in [0.4, 0.5) is 5.69 Å². The average Bonchev–Trinajstić information content (AvgIpc) is 2.31. The number of aromatic nitrogens is 2. The van der Waals surface area contributed by atoms with Gasteiger partial charge in [0.1, 0.15) is 0 Å². The molecule has 0 aliphatic rings. The Morgan fingerprint density at radius 2 is 2.12 bits per heavy atom. The smallest absolute Gasteiger partial charge is 0.166 e. The molecule has 1 aromatic heterocycles. The van der Waals surface area contributed by atoms with Gasteiger partial charge in [-0.25, -0.2) is 0 Å². The van der Waals surface area contributed by atoms with Gasteiger partial charge in [-0.1, -0.05) is 0 Å². The summed E-state index contributed by atoms with van der Waals surface area (Å²) in [7, 11) is 3.84. The van der Waals surface area contributed by atoms with Crippen LogP contribution < -0.4 is 15.5 Å². The van der Waals surface area contributed by atoms with Gasteiger partial charge < -0.3 is 15.5 Å². The lowest BCUT2D eigenvalue weighted by Crippen LogP contribution is -2.37. The zero-order valence-corrected chi connectivity index (χ0v) is 11.6. The van der Waals surface area contributed by atoms with E-state index in [9.17, 15) is 0 Å². The van der Waals surface area contributed by atoms with Crippen LogP contribution in [0.25, 0.3) is 0 Å². The molecule has 0 radical (unpaired) electrons. The molecule has 1 rings (SSSR count). The van der Waals surface area contributed by atoms with Crippen LogP contribution in [0.5, 0.6) is 0 Å². The predicted molar refractivity (Wildman–Crippen MR) is 74.4 cm³/mol. The number of hydrogen-bond acceptors (Lipinski definition) is 4. The standard InChI is InChI=1S/C11H19N5S/c1-8-7-10(9(2)15-14-8)16(4)6-5-13-11(17)12-3/h7H,5-6H2,1-4H3,(H2,12,13,17). The van der Waals surface area contributed by atoms with Crippen LogP contribution in [0.3, 0.4) is 0 Å². The molecule has 0 bridgehead atoms. The highest BCUT2D eigenvalue weighted by molar-refractivity contribution is 7.80. The number of rotatable bonds is 4. The molecule has 0 aromatic carbocycles. The van der Waals surface area contributed by atoms with E-state index < -0.39 is 0 Å². The molecule has 0 spiro atoms. The van der Waals surface area contributed by atoms with Crippen molar-refractivity contribution in [3.8, 4) is 0 Å². The van der Waals surface area contributed by atoms with Gasteiger partial charge >= 0.3 is 0 Å². The Labute approximate surface area is 108 Å². The summed E-state index contributed by atoms with van der Waals surface area (Å²) in [4.78, 5) is 2.14. The third kappa shape index (κ3) is 4.14. The summed E-state index contributed by atoms with van der Waals surface area (Å²) in [5, 5.41) is 14.8. The van der Waals surface area contributed by atoms with Crippen molar-refractivity contribution in [2.75, 3.05) is 32.1 Å². The van der Waals surface area contributed by atoms with Gasteiger partial charge in [-0.15, -0.1) is 0 Å². The summed E-state index contributed by atoms with van der Waals surface area (Å²) >= 11 is 5.01. The van der Waals surface area contributed by atoms with Crippen molar-refractivity contribution in [3.05, 3.63) is 17.5 Å². The first-order valence-corrected chi connectivity index (χ1v) is 5.93. The van der Waals surface area contributed by atoms with E-state index in [0.717, 1.165) is 30.2 Å². The summed E-state index contributed by atoms with van der Waals surface area (Å²) in [6, 6.07) is 2.04. The number of nitrogens with zero attached hydrogens (tertiary/aromatic N) is 3. The molecule has 0 amide bonds. The first-order valence-electron chi connectivity index (χ1n) is 5.52. The zero-order valence-electron chi connectivity index (χ0n) is 10.7. The van der Waals surface area contributed by atoms with Gasteiger partial charge in [0.25, 0.3) is 0 Å². The van der Waals surface area contributed by atoms with E-state index in [1.54, 1.807) is 7.05 Å². The lowest BCUT2D eigenvalue weighted by atomic mass is 10.3. The quantitative estimate of drug-likeness (QED) is 0.768. The number of likely N-dealkylation sites (N-methyl/N-ethyl adjacent to an activating group) is 1. The van der Waals surface area contributed by atoms with Gasteiger partial charge in [0, 0.05) is 27.2 Å². The molecule has 0 aliphatic carbocycles. The summed E-state index contributed by atoms with van der Waals surface area (Å²) in [6.07, 6.45) is 0. The van der Waals surface area contributed by atoms with E-state index in [2.05, 4.69) is 25.7 Å². The number of hydrogen-bond donors (Lipinski definition) is 2. The highest BCUT2D eigenvalue weighted by Crippen LogP contribution is 2.15. The molecule has 94 valence electrons. The van der Waals surface area contributed by atoms with Gasteiger partial charge in [0.2, 0.25) is 0 Å². The second-order valence-electron chi connectivity index (χ2n) is 3.88. The van der Waals surface area contributed by atoms with Crippen LogP contribution >= 0.6 is 12.2 Å². The first kappa shape index (κ1) is 13.6. The SMILES string of the molecule is CNC(=S)NCCN(C)c1cc(C)nnc1C. The molecule has 0 saturated carbocycles. The number of nitrogens with one attached hydrogen (secondary N) is 2. The van der Waals surface area contributed by atoms with Gasteiger partial charge in [-0.05, 0) is 32.1 Å². The van der Waals surface area contributed by atoms with Crippen LogP contribution in [0.15, 0.2) is 6.07 Å². The third-order valence-electron chi connectivity index (χ3n) is 2.45. The largest absolute Gasteiger partial charge is 0.371 e. The van der Waals surface area contributed by atoms with Gasteiger partial charge in [-0.2, -0.15) is 10.2 Å². The third-order valence-corrected chi connectivity index (χ3v) is 2.79. The Kier molecular flexibility index (Phi) is 5.09. The lowest BCUT2D eigenvalue weighted by molar-refractivity contribution is 0.802. The van der Waals surface area contributed by atoms with E-state index >= 15 is 0 Å². The molecule has 1 aromatic rings. The molecule has 0 fully saturated rings. The molecule has 0 saturated heterocycles. The molecule has 2 N–H and O–H groups in total. The van der Waals surface area contributed by atoms with E-state index in [1.165, 1.54) is 0 Å². The Morgan fingerprint density at radius 3 is 2.76 bits per heavy atom. The number of anilines is 1. The maximum absolute atomic E-state index is 5.01. The number of aryl methyl sites for hydroxylation is 2. The molecular formula is C11H19N5S. The predicted octanol–water partition coefficient (Wildman–Crippen LogP) is 0.624. The van der Waals surface area contributed by atoms with Crippen molar-refractivity contribution in [2.24, 2.45) is 0 Å². The molecule has 0 unspecified atom stereocenters. The minimum Gasteiger partial charge on any atom is -0.371 e. The fraction of sp³-hybridized carbons (Fsp3) is 0.545. The summed E-state index contributed by atoms with van der Waals surface area (Å²) in [5.74, 6) is 0. The van der Waals surface area contributed by atoms with Crippen LogP contribution in [0, 0.1) is 13.8 Å². The van der Waals surface area contributed by atoms with Gasteiger partial charge in [-0.3, -0.25) is 0 Å². The highest BCUT2D eigenvalue weighted by Gasteiger charge is 2.06. The van der Waals surface area contributed by atoms with E-state index in [0.29, 0.717) is 5.11 Å². The molecule has 5 nitrogen and oxygen atoms in total. The minimum atomic E-state index is 0.666. The van der Waals surface area contributed by atoms with E-state index in [4.69, 9.17) is 12.2 Å². The van der Waals surface area contributed by atoms with Crippen molar-refractivity contribution in [1.29, 1.82) is 0 Å². The zero-order chi connectivity index (χ0) is 12.8. The van der Waals surface area contributed by atoms with Crippen molar-refractivity contribution in [2.45, 2.75) is 13.8 Å². The molecular weight excluding hydrogens is 234 g/mol. The number of thiocarbonyl (C=S) groups is 1. The maximum atomic E-state index is 5.01. The van der Waals surface area contributed by atoms with Gasteiger partial charge in [0.15, 0.2) is 5.11 Å². The van der Waals surface area contributed by atoms with Crippen LogP contribution in [0.1, 0.15) is 11.4 Å².